The van der Waals surface area contributed by atoms with Gasteiger partial charge in [0.1, 0.15) is 0 Å². The molecule has 0 aliphatic heterocycles. The molecule has 0 bridgehead atoms. The fraction of sp³-hybridized carbons (Fsp3) is 0.444. The zero-order valence-electron chi connectivity index (χ0n) is 9.10. The summed E-state index contributed by atoms with van der Waals surface area (Å²) in [6.07, 6.45) is 2.49. The summed E-state index contributed by atoms with van der Waals surface area (Å²) >= 11 is 2.89. The molecule has 2 rings (SSSR count). The Morgan fingerprint density at radius 1 is 1.50 bits per heavy atom. The molecule has 1 unspecified atom stereocenters. The highest BCUT2D eigenvalue weighted by atomic mass is 32.1. The number of hydrogen-bond donors (Lipinski definition) is 2. The van der Waals surface area contributed by atoms with Gasteiger partial charge in [0.25, 0.3) is 0 Å². The summed E-state index contributed by atoms with van der Waals surface area (Å²) in [5.74, 6) is 5.52. The Morgan fingerprint density at radius 2 is 2.31 bits per heavy atom. The lowest BCUT2D eigenvalue weighted by Gasteiger charge is -2.10. The van der Waals surface area contributed by atoms with Gasteiger partial charge in [0.05, 0.1) is 40.4 Å². The maximum Gasteiger partial charge on any atom is 0.0950 e. The average Bonchev–Trinajstić information content (AvgIpc) is 2.86. The minimum absolute atomic E-state index is 0.0105. The number of aryl methyl sites for hydroxylation is 2. The van der Waals surface area contributed by atoms with Gasteiger partial charge in [-0.1, -0.05) is 0 Å². The van der Waals surface area contributed by atoms with E-state index in [0.29, 0.717) is 0 Å². The standard InChI is InChI=1S/C9H13N5S2/c1-5-6(2)15-9(12-5)3-7(13-10)8-4-11-16-14-8/h4,7,13H,3,10H2,1-2H3. The van der Waals surface area contributed by atoms with Crippen LogP contribution in [0.2, 0.25) is 0 Å². The first kappa shape index (κ1) is 11.6. The van der Waals surface area contributed by atoms with Crippen molar-refractivity contribution in [2.45, 2.75) is 26.3 Å². The van der Waals surface area contributed by atoms with Crippen molar-refractivity contribution in [3.8, 4) is 0 Å². The summed E-state index contributed by atoms with van der Waals surface area (Å²) < 4.78 is 8.15. The van der Waals surface area contributed by atoms with E-state index in [1.807, 2.05) is 6.92 Å². The molecular weight excluding hydrogens is 242 g/mol. The molecule has 5 nitrogen and oxygen atoms in total. The Bertz CT molecular complexity index is 431. The quantitative estimate of drug-likeness (QED) is 0.637. The summed E-state index contributed by atoms with van der Waals surface area (Å²) in [4.78, 5) is 5.74. The maximum absolute atomic E-state index is 5.52. The molecule has 0 amide bonds. The topological polar surface area (TPSA) is 76.7 Å². The number of thiazole rings is 1. The number of nitrogens with two attached hydrogens (primary N) is 1. The fourth-order valence-corrected chi connectivity index (χ4v) is 2.83. The predicted octanol–water partition coefficient (Wildman–Crippen LogP) is 1.36. The Kier molecular flexibility index (Phi) is 3.59. The van der Waals surface area contributed by atoms with Gasteiger partial charge in [-0.15, -0.1) is 11.3 Å². The Balaban J connectivity index is 2.13. The van der Waals surface area contributed by atoms with Crippen LogP contribution in [0.4, 0.5) is 0 Å². The zero-order chi connectivity index (χ0) is 11.5. The fourth-order valence-electron chi connectivity index (χ4n) is 1.38. The Hall–Kier alpha value is -0.890. The second-order valence-electron chi connectivity index (χ2n) is 3.50. The van der Waals surface area contributed by atoms with Crippen LogP contribution in [-0.2, 0) is 6.42 Å². The first-order valence-corrected chi connectivity index (χ1v) is 6.42. The van der Waals surface area contributed by atoms with Gasteiger partial charge in [0, 0.05) is 11.3 Å². The summed E-state index contributed by atoms with van der Waals surface area (Å²) in [5.41, 5.74) is 4.72. The Morgan fingerprint density at radius 3 is 2.81 bits per heavy atom. The largest absolute Gasteiger partial charge is 0.271 e. The van der Waals surface area contributed by atoms with Crippen LogP contribution in [0.1, 0.15) is 27.3 Å². The van der Waals surface area contributed by atoms with Crippen LogP contribution in [0, 0.1) is 13.8 Å². The molecule has 86 valence electrons. The average molecular weight is 255 g/mol. The first-order valence-electron chi connectivity index (χ1n) is 4.87. The lowest BCUT2D eigenvalue weighted by molar-refractivity contribution is 0.540. The van der Waals surface area contributed by atoms with Crippen LogP contribution in [0.15, 0.2) is 6.20 Å². The number of nitrogens with one attached hydrogen (secondary N) is 1. The van der Waals surface area contributed by atoms with Crippen LogP contribution in [0.3, 0.4) is 0 Å². The molecule has 0 radical (unpaired) electrons. The van der Waals surface area contributed by atoms with Crippen molar-refractivity contribution >= 4 is 23.1 Å². The van der Waals surface area contributed by atoms with Crippen LogP contribution in [-0.4, -0.2) is 13.7 Å². The third-order valence-corrected chi connectivity index (χ3v) is 3.98. The Labute approximate surface area is 102 Å². The molecule has 2 aromatic heterocycles. The van der Waals surface area contributed by atoms with Crippen LogP contribution >= 0.6 is 23.1 Å². The first-order chi connectivity index (χ1) is 7.70. The van der Waals surface area contributed by atoms with Crippen molar-refractivity contribution in [2.24, 2.45) is 5.84 Å². The number of nitrogens with zero attached hydrogens (tertiary/aromatic N) is 3. The van der Waals surface area contributed by atoms with E-state index in [-0.39, 0.29) is 6.04 Å². The van der Waals surface area contributed by atoms with E-state index in [2.05, 4.69) is 26.1 Å². The van der Waals surface area contributed by atoms with E-state index in [1.165, 1.54) is 16.6 Å². The molecule has 0 aromatic carbocycles. The SMILES string of the molecule is Cc1nc(CC(NN)c2cnsn2)sc1C. The smallest absolute Gasteiger partial charge is 0.0950 e. The molecule has 0 saturated heterocycles. The minimum Gasteiger partial charge on any atom is -0.271 e. The van der Waals surface area contributed by atoms with Crippen molar-refractivity contribution in [3.63, 3.8) is 0 Å². The van der Waals surface area contributed by atoms with Gasteiger partial charge < -0.3 is 0 Å². The number of hydrazine groups is 1. The maximum atomic E-state index is 5.52. The third kappa shape index (κ3) is 2.43. The summed E-state index contributed by atoms with van der Waals surface area (Å²) in [6, 6.07) is -0.0105. The molecule has 1 atom stereocenters. The van der Waals surface area contributed by atoms with E-state index >= 15 is 0 Å². The van der Waals surface area contributed by atoms with Gasteiger partial charge in [-0.2, -0.15) is 8.75 Å². The van der Waals surface area contributed by atoms with Crippen molar-refractivity contribution < 1.29 is 0 Å². The van der Waals surface area contributed by atoms with Gasteiger partial charge in [-0.25, -0.2) is 4.98 Å². The molecule has 0 aliphatic carbocycles. The molecule has 7 heteroatoms. The number of rotatable bonds is 4. The van der Waals surface area contributed by atoms with Gasteiger partial charge in [-0.3, -0.25) is 11.3 Å². The van der Waals surface area contributed by atoms with Gasteiger partial charge in [0.2, 0.25) is 0 Å². The normalized spacial score (nSPS) is 12.9. The lowest BCUT2D eigenvalue weighted by Crippen LogP contribution is -2.29. The second kappa shape index (κ2) is 4.96. The second-order valence-corrected chi connectivity index (χ2v) is 5.35. The lowest BCUT2D eigenvalue weighted by atomic mass is 10.2. The predicted molar refractivity (Wildman–Crippen MR) is 65.3 cm³/mol. The van der Waals surface area contributed by atoms with Crippen LogP contribution in [0.5, 0.6) is 0 Å². The minimum atomic E-state index is -0.0105. The molecular formula is C9H13N5S2. The summed E-state index contributed by atoms with van der Waals surface area (Å²) in [5, 5.41) is 1.07. The van der Waals surface area contributed by atoms with E-state index in [4.69, 9.17) is 5.84 Å². The molecule has 2 heterocycles. The van der Waals surface area contributed by atoms with Crippen molar-refractivity contribution in [2.75, 3.05) is 0 Å². The molecule has 0 aliphatic rings. The van der Waals surface area contributed by atoms with E-state index < -0.39 is 0 Å². The monoisotopic (exact) mass is 255 g/mol. The molecule has 0 fully saturated rings. The molecule has 0 spiro atoms. The van der Waals surface area contributed by atoms with Gasteiger partial charge in [0.15, 0.2) is 0 Å². The molecule has 16 heavy (non-hydrogen) atoms. The summed E-state index contributed by atoms with van der Waals surface area (Å²) in [7, 11) is 0. The van der Waals surface area contributed by atoms with Crippen molar-refractivity contribution in [3.05, 3.63) is 27.5 Å². The van der Waals surface area contributed by atoms with E-state index in [1.54, 1.807) is 17.5 Å². The third-order valence-electron chi connectivity index (χ3n) is 2.39. The van der Waals surface area contributed by atoms with Crippen molar-refractivity contribution in [1.82, 2.24) is 19.2 Å². The van der Waals surface area contributed by atoms with Gasteiger partial charge >= 0.3 is 0 Å². The van der Waals surface area contributed by atoms with E-state index in [0.717, 1.165) is 22.8 Å². The van der Waals surface area contributed by atoms with Gasteiger partial charge in [-0.05, 0) is 13.8 Å². The highest BCUT2D eigenvalue weighted by molar-refractivity contribution is 7.11. The molecule has 3 N–H and O–H groups in total. The highest BCUT2D eigenvalue weighted by Gasteiger charge is 2.15. The number of aromatic nitrogens is 3. The van der Waals surface area contributed by atoms with Crippen molar-refractivity contribution in [1.29, 1.82) is 0 Å². The zero-order valence-corrected chi connectivity index (χ0v) is 10.7. The summed E-state index contributed by atoms with van der Waals surface area (Å²) in [6.45, 7) is 4.09. The highest BCUT2D eigenvalue weighted by Crippen LogP contribution is 2.22. The van der Waals surface area contributed by atoms with E-state index in [9.17, 15) is 0 Å². The van der Waals surface area contributed by atoms with Crippen LogP contribution in [0.25, 0.3) is 0 Å². The van der Waals surface area contributed by atoms with Crippen LogP contribution < -0.4 is 11.3 Å². The number of hydrogen-bond acceptors (Lipinski definition) is 7. The molecule has 0 saturated carbocycles. The molecule has 2 aromatic rings.